The number of benzene rings is 3. The molecule has 0 bridgehead atoms. The molecule has 0 aliphatic rings. The molecule has 152 valence electrons. The standard InChI is InChI=1S/C23H26N2O4/c24-19-4-8-21(9-5-19)29-20-6-1-16(2-7-20)11-12-25-14-23(28)17-3-10-22(27)18(13-17)15-26/h1-10,13,23,25-28H,11-12,14-15,24H2. The van der Waals surface area contributed by atoms with Crippen LogP contribution in [0.25, 0.3) is 0 Å². The van der Waals surface area contributed by atoms with E-state index in [1.54, 1.807) is 24.3 Å². The molecule has 3 aromatic carbocycles. The maximum Gasteiger partial charge on any atom is 0.127 e. The second-order valence-electron chi connectivity index (χ2n) is 6.83. The first-order valence-electron chi connectivity index (χ1n) is 9.49. The predicted molar refractivity (Wildman–Crippen MR) is 113 cm³/mol. The quantitative estimate of drug-likeness (QED) is 0.282. The van der Waals surface area contributed by atoms with Crippen molar-refractivity contribution in [2.75, 3.05) is 18.8 Å². The number of nitrogens with one attached hydrogen (secondary N) is 1. The second-order valence-corrected chi connectivity index (χ2v) is 6.83. The Kier molecular flexibility index (Phi) is 7.08. The highest BCUT2D eigenvalue weighted by Crippen LogP contribution is 2.23. The van der Waals surface area contributed by atoms with Crippen LogP contribution < -0.4 is 15.8 Å². The maximum atomic E-state index is 10.3. The average molecular weight is 394 g/mol. The van der Waals surface area contributed by atoms with Gasteiger partial charge >= 0.3 is 0 Å². The highest BCUT2D eigenvalue weighted by Gasteiger charge is 2.10. The summed E-state index contributed by atoms with van der Waals surface area (Å²) in [5, 5.41) is 32.3. The lowest BCUT2D eigenvalue weighted by molar-refractivity contribution is 0.174. The summed E-state index contributed by atoms with van der Waals surface area (Å²) in [7, 11) is 0. The van der Waals surface area contributed by atoms with E-state index >= 15 is 0 Å². The van der Waals surface area contributed by atoms with Crippen molar-refractivity contribution in [1.82, 2.24) is 5.32 Å². The van der Waals surface area contributed by atoms with Gasteiger partial charge in [-0.25, -0.2) is 0 Å². The minimum Gasteiger partial charge on any atom is -0.508 e. The third-order valence-corrected chi connectivity index (χ3v) is 4.63. The Morgan fingerprint density at radius 3 is 2.24 bits per heavy atom. The minimum absolute atomic E-state index is 0.0280. The Morgan fingerprint density at radius 1 is 0.931 bits per heavy atom. The number of hydrogen-bond donors (Lipinski definition) is 5. The zero-order chi connectivity index (χ0) is 20.6. The van der Waals surface area contributed by atoms with E-state index in [0.29, 0.717) is 29.9 Å². The minimum atomic E-state index is -0.711. The summed E-state index contributed by atoms with van der Waals surface area (Å²) in [6.07, 6.45) is 0.100. The van der Waals surface area contributed by atoms with Gasteiger partial charge in [0.25, 0.3) is 0 Å². The van der Waals surface area contributed by atoms with Gasteiger partial charge in [-0.2, -0.15) is 0 Å². The molecule has 0 aromatic heterocycles. The van der Waals surface area contributed by atoms with Gasteiger partial charge in [-0.05, 0) is 72.6 Å². The number of phenols is 1. The number of hydrogen-bond acceptors (Lipinski definition) is 6. The first-order valence-corrected chi connectivity index (χ1v) is 9.49. The van der Waals surface area contributed by atoms with Crippen molar-refractivity contribution >= 4 is 5.69 Å². The predicted octanol–water partition coefficient (Wildman–Crippen LogP) is 3.12. The summed E-state index contributed by atoms with van der Waals surface area (Å²) in [4.78, 5) is 0. The third-order valence-electron chi connectivity index (χ3n) is 4.63. The van der Waals surface area contributed by atoms with Crippen molar-refractivity contribution in [3.05, 3.63) is 83.4 Å². The monoisotopic (exact) mass is 394 g/mol. The normalized spacial score (nSPS) is 11.9. The Labute approximate surface area is 170 Å². The van der Waals surface area contributed by atoms with Gasteiger partial charge in [-0.3, -0.25) is 0 Å². The van der Waals surface area contributed by atoms with Crippen LogP contribution in [0.15, 0.2) is 66.7 Å². The number of nitrogen functional groups attached to an aromatic ring is 1. The molecular weight excluding hydrogens is 368 g/mol. The van der Waals surface area contributed by atoms with Crippen molar-refractivity contribution in [2.24, 2.45) is 0 Å². The van der Waals surface area contributed by atoms with Crippen molar-refractivity contribution < 1.29 is 20.1 Å². The van der Waals surface area contributed by atoms with Crippen LogP contribution in [0.3, 0.4) is 0 Å². The molecule has 1 unspecified atom stereocenters. The smallest absolute Gasteiger partial charge is 0.127 e. The number of aliphatic hydroxyl groups excluding tert-OH is 2. The number of aliphatic hydroxyl groups is 2. The summed E-state index contributed by atoms with van der Waals surface area (Å²) in [5.74, 6) is 1.52. The molecule has 0 aliphatic carbocycles. The lowest BCUT2D eigenvalue weighted by Crippen LogP contribution is -2.23. The molecule has 0 spiro atoms. The van der Waals surface area contributed by atoms with Gasteiger partial charge in [-0.1, -0.05) is 18.2 Å². The Bertz CT molecular complexity index is 911. The molecule has 1 atom stereocenters. The maximum absolute atomic E-state index is 10.3. The largest absolute Gasteiger partial charge is 0.508 e. The average Bonchev–Trinajstić information content (AvgIpc) is 2.74. The molecule has 0 fully saturated rings. The molecule has 0 saturated heterocycles. The number of ether oxygens (including phenoxy) is 1. The van der Waals surface area contributed by atoms with Gasteiger partial charge in [0.15, 0.2) is 0 Å². The fourth-order valence-corrected chi connectivity index (χ4v) is 2.92. The van der Waals surface area contributed by atoms with E-state index in [1.165, 1.54) is 6.07 Å². The molecule has 0 aliphatic heterocycles. The summed E-state index contributed by atoms with van der Waals surface area (Å²) < 4.78 is 5.78. The van der Waals surface area contributed by atoms with E-state index in [9.17, 15) is 15.3 Å². The van der Waals surface area contributed by atoms with Crippen molar-refractivity contribution in [1.29, 1.82) is 0 Å². The van der Waals surface area contributed by atoms with Gasteiger partial charge < -0.3 is 31.1 Å². The Morgan fingerprint density at radius 2 is 1.59 bits per heavy atom. The Hall–Kier alpha value is -3.06. The molecule has 29 heavy (non-hydrogen) atoms. The van der Waals surface area contributed by atoms with Crippen LogP contribution in [0.5, 0.6) is 17.2 Å². The number of rotatable bonds is 9. The van der Waals surface area contributed by atoms with E-state index < -0.39 is 6.10 Å². The molecule has 0 saturated carbocycles. The number of nitrogens with two attached hydrogens (primary N) is 1. The topological polar surface area (TPSA) is 108 Å². The van der Waals surface area contributed by atoms with Gasteiger partial charge in [0.1, 0.15) is 17.2 Å². The zero-order valence-corrected chi connectivity index (χ0v) is 16.1. The SMILES string of the molecule is Nc1ccc(Oc2ccc(CCNCC(O)c3ccc(O)c(CO)c3)cc2)cc1. The van der Waals surface area contributed by atoms with E-state index in [2.05, 4.69) is 5.32 Å². The fraction of sp³-hybridized carbons (Fsp3) is 0.217. The van der Waals surface area contributed by atoms with E-state index in [-0.39, 0.29) is 12.4 Å². The highest BCUT2D eigenvalue weighted by atomic mass is 16.5. The molecule has 0 heterocycles. The summed E-state index contributed by atoms with van der Waals surface area (Å²) in [6.45, 7) is 0.825. The molecular formula is C23H26N2O4. The molecule has 0 radical (unpaired) electrons. The van der Waals surface area contributed by atoms with Crippen LogP contribution in [0, 0.1) is 0 Å². The third kappa shape index (κ3) is 5.96. The molecule has 3 rings (SSSR count). The van der Waals surface area contributed by atoms with Crippen LogP contribution in [-0.2, 0) is 13.0 Å². The number of anilines is 1. The fourth-order valence-electron chi connectivity index (χ4n) is 2.92. The van der Waals surface area contributed by atoms with Gasteiger partial charge in [-0.15, -0.1) is 0 Å². The summed E-state index contributed by atoms with van der Waals surface area (Å²) >= 11 is 0. The Balaban J connectivity index is 1.44. The summed E-state index contributed by atoms with van der Waals surface area (Å²) in [5.41, 5.74) is 8.59. The highest BCUT2D eigenvalue weighted by molar-refractivity contribution is 5.43. The number of aromatic hydroxyl groups is 1. The summed E-state index contributed by atoms with van der Waals surface area (Å²) in [6, 6.07) is 19.9. The van der Waals surface area contributed by atoms with Crippen LogP contribution in [0.1, 0.15) is 22.8 Å². The van der Waals surface area contributed by atoms with Crippen molar-refractivity contribution in [3.63, 3.8) is 0 Å². The van der Waals surface area contributed by atoms with E-state index in [4.69, 9.17) is 10.5 Å². The van der Waals surface area contributed by atoms with Crippen LogP contribution in [0.2, 0.25) is 0 Å². The molecule has 3 aromatic rings. The lowest BCUT2D eigenvalue weighted by atomic mass is 10.1. The molecule has 6 nitrogen and oxygen atoms in total. The van der Waals surface area contributed by atoms with Crippen LogP contribution in [0.4, 0.5) is 5.69 Å². The molecule has 6 N–H and O–H groups in total. The van der Waals surface area contributed by atoms with Crippen molar-refractivity contribution in [2.45, 2.75) is 19.1 Å². The lowest BCUT2D eigenvalue weighted by Gasteiger charge is -2.14. The van der Waals surface area contributed by atoms with Gasteiger partial charge in [0, 0.05) is 17.8 Å². The molecule has 6 heteroatoms. The van der Waals surface area contributed by atoms with Gasteiger partial charge in [0.05, 0.1) is 12.7 Å². The zero-order valence-electron chi connectivity index (χ0n) is 16.1. The van der Waals surface area contributed by atoms with Crippen LogP contribution >= 0.6 is 0 Å². The first-order chi connectivity index (χ1) is 14.0. The van der Waals surface area contributed by atoms with E-state index in [0.717, 1.165) is 23.5 Å². The van der Waals surface area contributed by atoms with Gasteiger partial charge in [0.2, 0.25) is 0 Å². The molecule has 0 amide bonds. The van der Waals surface area contributed by atoms with Crippen LogP contribution in [-0.4, -0.2) is 28.4 Å². The second kappa shape index (κ2) is 9.93. The van der Waals surface area contributed by atoms with Crippen molar-refractivity contribution in [3.8, 4) is 17.2 Å². The first kappa shape index (κ1) is 20.7. The van der Waals surface area contributed by atoms with E-state index in [1.807, 2.05) is 36.4 Å².